The van der Waals surface area contributed by atoms with E-state index in [9.17, 15) is 28.7 Å². The molecule has 13 nitrogen and oxygen atoms in total. The van der Waals surface area contributed by atoms with Gasteiger partial charge in [0.05, 0.1) is 19.8 Å². The van der Waals surface area contributed by atoms with Crippen molar-refractivity contribution in [3.05, 3.63) is 85.1 Å². The smallest absolute Gasteiger partial charge is 0.462 e. The van der Waals surface area contributed by atoms with E-state index in [0.29, 0.717) is 19.3 Å². The molecule has 0 spiro atoms. The first kappa shape index (κ1) is 56.3. The van der Waals surface area contributed by atoms with Crippen LogP contribution in [0.5, 0.6) is 0 Å². The highest BCUT2D eigenvalue weighted by Crippen LogP contribution is 2.43. The van der Waals surface area contributed by atoms with Crippen LogP contribution in [0.2, 0.25) is 0 Å². The van der Waals surface area contributed by atoms with Crippen molar-refractivity contribution in [2.75, 3.05) is 26.4 Å². The van der Waals surface area contributed by atoms with Crippen molar-refractivity contribution in [3.63, 3.8) is 0 Å². The highest BCUT2D eigenvalue weighted by Gasteiger charge is 2.28. The summed E-state index contributed by atoms with van der Waals surface area (Å²) in [4.78, 5) is 52.6. The molecule has 0 saturated heterocycles. The van der Waals surface area contributed by atoms with Gasteiger partial charge in [0.25, 0.3) is 0 Å². The molecule has 0 heterocycles. The van der Waals surface area contributed by atoms with Crippen LogP contribution in [0.3, 0.4) is 0 Å². The van der Waals surface area contributed by atoms with Crippen molar-refractivity contribution in [3.8, 4) is 0 Å². The standard InChI is InChI=1S/C44H74O13P2/c1-3-5-7-9-11-13-15-17-18-19-20-21-22-24-26-28-30-32-34-36-44(47)57-42(40-56-59(51,52)55-38-41(45)37-54-58(48,49)50)39-53-43(46)35-33-31-29-27-25-23-16-14-12-10-8-6-4-2/h5,7,11,13-14,16-18,20-21,24,26,30,32,41-42,45H,3-4,6,8-10,12,15,19,22-23,25,27-29,31,33-40H2,1-2H3,(H,51,52)(H2,48,49,50)/b7-5-,13-11-,16-14-,18-17-,21-20-,26-24-,32-30-/t41-,42+/m0/s1. The van der Waals surface area contributed by atoms with Crippen LogP contribution >= 0.6 is 15.6 Å². The second-order valence-electron chi connectivity index (χ2n) is 13.9. The summed E-state index contributed by atoms with van der Waals surface area (Å²) in [5.74, 6) is -1.15. The van der Waals surface area contributed by atoms with Gasteiger partial charge in [-0.1, -0.05) is 137 Å². The van der Waals surface area contributed by atoms with Crippen molar-refractivity contribution in [1.29, 1.82) is 0 Å². The summed E-state index contributed by atoms with van der Waals surface area (Å²) in [5.41, 5.74) is 0. The van der Waals surface area contributed by atoms with Crippen molar-refractivity contribution >= 4 is 27.6 Å². The van der Waals surface area contributed by atoms with Crippen LogP contribution in [0, 0.1) is 0 Å². The molecule has 0 aromatic carbocycles. The molecule has 0 aliphatic heterocycles. The third-order valence-electron chi connectivity index (χ3n) is 8.27. The zero-order valence-electron chi connectivity index (χ0n) is 35.6. The molecule has 1 unspecified atom stereocenters. The number of rotatable bonds is 39. The number of esters is 2. The van der Waals surface area contributed by atoms with Gasteiger partial charge in [0.15, 0.2) is 6.10 Å². The monoisotopic (exact) mass is 872 g/mol. The lowest BCUT2D eigenvalue weighted by molar-refractivity contribution is -0.161. The number of aliphatic hydroxyl groups is 1. The van der Waals surface area contributed by atoms with Crippen molar-refractivity contribution < 1.29 is 61.6 Å². The Hall–Kier alpha value is -2.70. The minimum Gasteiger partial charge on any atom is -0.462 e. The number of ether oxygens (including phenoxy) is 2. The van der Waals surface area contributed by atoms with Crippen LogP contribution in [0.15, 0.2) is 85.1 Å². The summed E-state index contributed by atoms with van der Waals surface area (Å²) in [6.45, 7) is 1.52. The molecule has 0 rings (SSSR count). The van der Waals surface area contributed by atoms with E-state index in [0.717, 1.165) is 70.6 Å². The van der Waals surface area contributed by atoms with Crippen molar-refractivity contribution in [2.45, 2.75) is 154 Å². The lowest BCUT2D eigenvalue weighted by Gasteiger charge is -2.20. The number of phosphoric acid groups is 2. The SMILES string of the molecule is CC/C=C\C/C=C\C/C=C\C/C=C\C/C=C\C/C=C\CCC(=O)O[C@H](COC(=O)CCCCCCC/C=C\CCCCCC)COP(=O)(O)OC[C@@H](O)COP(=O)(O)O. The van der Waals surface area contributed by atoms with Gasteiger partial charge in [0, 0.05) is 12.8 Å². The van der Waals surface area contributed by atoms with Crippen molar-refractivity contribution in [1.82, 2.24) is 0 Å². The minimum absolute atomic E-state index is 0.000408. The molecule has 0 amide bonds. The minimum atomic E-state index is -4.87. The molecule has 15 heteroatoms. The van der Waals surface area contributed by atoms with Gasteiger partial charge in [-0.15, -0.1) is 0 Å². The predicted molar refractivity (Wildman–Crippen MR) is 234 cm³/mol. The van der Waals surface area contributed by atoms with E-state index in [1.165, 1.54) is 25.7 Å². The van der Waals surface area contributed by atoms with Crippen LogP contribution in [0.25, 0.3) is 0 Å². The average molecular weight is 873 g/mol. The van der Waals surface area contributed by atoms with Gasteiger partial charge in [0.1, 0.15) is 12.7 Å². The number of aliphatic hydroxyl groups excluding tert-OH is 1. The summed E-state index contributed by atoms with van der Waals surface area (Å²) in [6, 6.07) is 0. The third kappa shape index (κ3) is 43.2. The molecule has 0 aliphatic rings. The van der Waals surface area contributed by atoms with E-state index in [1.54, 1.807) is 0 Å². The van der Waals surface area contributed by atoms with Gasteiger partial charge in [0.2, 0.25) is 0 Å². The normalized spacial score (nSPS) is 14.9. The van der Waals surface area contributed by atoms with Gasteiger partial charge in [-0.25, -0.2) is 9.13 Å². The number of carbonyl (C=O) groups excluding carboxylic acids is 2. The highest BCUT2D eigenvalue weighted by atomic mass is 31.2. The Morgan fingerprint density at radius 3 is 1.51 bits per heavy atom. The fourth-order valence-corrected chi connectivity index (χ4v) is 6.23. The van der Waals surface area contributed by atoms with E-state index < -0.39 is 66.2 Å². The highest BCUT2D eigenvalue weighted by molar-refractivity contribution is 7.47. The number of carbonyl (C=O) groups is 2. The van der Waals surface area contributed by atoms with Crippen molar-refractivity contribution in [2.24, 2.45) is 0 Å². The Morgan fingerprint density at radius 1 is 0.508 bits per heavy atom. The molecule has 0 aromatic rings. The van der Waals surface area contributed by atoms with Crippen LogP contribution in [-0.4, -0.2) is 70.4 Å². The Balaban J connectivity index is 4.69. The van der Waals surface area contributed by atoms with E-state index in [4.69, 9.17) is 23.8 Å². The zero-order valence-corrected chi connectivity index (χ0v) is 37.4. The molecule has 59 heavy (non-hydrogen) atoms. The largest absolute Gasteiger partial charge is 0.472 e. The number of allylic oxidation sites excluding steroid dienone is 14. The molecule has 4 N–H and O–H groups in total. The first-order valence-electron chi connectivity index (χ1n) is 21.3. The molecular weight excluding hydrogens is 798 g/mol. The molecular formula is C44H74O13P2. The number of hydrogen-bond acceptors (Lipinski definition) is 10. The maximum absolute atomic E-state index is 12.6. The average Bonchev–Trinajstić information content (AvgIpc) is 3.19. The maximum Gasteiger partial charge on any atom is 0.472 e. The Labute approximate surface area is 354 Å². The van der Waals surface area contributed by atoms with Gasteiger partial charge < -0.3 is 29.3 Å². The maximum atomic E-state index is 12.6. The Bertz CT molecular complexity index is 1360. The molecule has 0 saturated carbocycles. The number of unbranched alkanes of at least 4 members (excludes halogenated alkanes) is 9. The fourth-order valence-electron chi connectivity index (χ4n) is 5.07. The summed E-state index contributed by atoms with van der Waals surface area (Å²) >= 11 is 0. The van der Waals surface area contributed by atoms with Crippen LogP contribution in [-0.2, 0) is 41.8 Å². The van der Waals surface area contributed by atoms with E-state index in [-0.39, 0.29) is 12.8 Å². The number of phosphoric ester groups is 2. The Kier molecular flexibility index (Phi) is 37.6. The Morgan fingerprint density at radius 2 is 0.966 bits per heavy atom. The molecule has 0 bridgehead atoms. The molecule has 338 valence electrons. The molecule has 0 aromatic heterocycles. The second kappa shape index (κ2) is 39.4. The van der Waals surface area contributed by atoms with Gasteiger partial charge in [-0.3, -0.25) is 23.2 Å². The molecule has 3 atom stereocenters. The third-order valence-corrected chi connectivity index (χ3v) is 9.71. The van der Waals surface area contributed by atoms with E-state index in [2.05, 4.69) is 89.7 Å². The summed E-state index contributed by atoms with van der Waals surface area (Å²) < 4.78 is 47.6. The molecule has 0 radical (unpaired) electrons. The topological polar surface area (TPSA) is 195 Å². The first-order valence-corrected chi connectivity index (χ1v) is 24.3. The van der Waals surface area contributed by atoms with Gasteiger partial charge >= 0.3 is 27.6 Å². The predicted octanol–water partition coefficient (Wildman–Crippen LogP) is 10.8. The van der Waals surface area contributed by atoms with Crippen LogP contribution in [0.4, 0.5) is 0 Å². The summed E-state index contributed by atoms with van der Waals surface area (Å²) in [5, 5.41) is 9.73. The quantitative estimate of drug-likeness (QED) is 0.0197. The van der Waals surface area contributed by atoms with Gasteiger partial charge in [-0.2, -0.15) is 0 Å². The van der Waals surface area contributed by atoms with Crippen LogP contribution in [0.1, 0.15) is 142 Å². The van der Waals surface area contributed by atoms with Crippen LogP contribution < -0.4 is 0 Å². The first-order chi connectivity index (χ1) is 28.4. The van der Waals surface area contributed by atoms with Gasteiger partial charge in [-0.05, 0) is 77.0 Å². The van der Waals surface area contributed by atoms with E-state index in [1.807, 2.05) is 18.2 Å². The molecule has 0 aliphatic carbocycles. The van der Waals surface area contributed by atoms with E-state index >= 15 is 0 Å². The summed E-state index contributed by atoms with van der Waals surface area (Å²) in [6.07, 6.45) is 44.5. The molecule has 0 fully saturated rings. The lowest BCUT2D eigenvalue weighted by Crippen LogP contribution is -2.29. The number of hydrogen-bond donors (Lipinski definition) is 4. The fraction of sp³-hybridized carbons (Fsp3) is 0.636. The second-order valence-corrected chi connectivity index (χ2v) is 16.6. The summed E-state index contributed by atoms with van der Waals surface area (Å²) in [7, 11) is -9.70. The zero-order chi connectivity index (χ0) is 43.7. The lowest BCUT2D eigenvalue weighted by atomic mass is 10.1.